The average molecular weight is 396 g/mol. The second-order valence-corrected chi connectivity index (χ2v) is 8.51. The van der Waals surface area contributed by atoms with Crippen molar-refractivity contribution >= 4 is 11.8 Å². The molecule has 1 unspecified atom stereocenters. The van der Waals surface area contributed by atoms with E-state index in [0.29, 0.717) is 6.61 Å². The molecule has 0 bridgehead atoms. The highest BCUT2D eigenvalue weighted by atomic mass is 16.5. The third-order valence-electron chi connectivity index (χ3n) is 5.86. The summed E-state index contributed by atoms with van der Waals surface area (Å²) >= 11 is 0. The van der Waals surface area contributed by atoms with E-state index in [1.165, 1.54) is 11.3 Å². The number of nitrogens with one attached hydrogen (secondary N) is 1. The molecule has 2 aromatic rings. The smallest absolute Gasteiger partial charge is 0.405 e. The van der Waals surface area contributed by atoms with Crippen LogP contribution in [0.4, 0.5) is 10.5 Å². The molecule has 2 heterocycles. The Kier molecular flexibility index (Phi) is 5.13. The Morgan fingerprint density at radius 2 is 1.83 bits per heavy atom. The summed E-state index contributed by atoms with van der Waals surface area (Å²) in [6, 6.07) is 12.3. The first-order chi connectivity index (χ1) is 13.8. The monoisotopic (exact) mass is 396 g/mol. The maximum atomic E-state index is 11.3. The van der Waals surface area contributed by atoms with Crippen molar-refractivity contribution in [1.29, 1.82) is 0 Å². The van der Waals surface area contributed by atoms with Crippen LogP contribution in [0.15, 0.2) is 36.4 Å². The molecule has 0 radical (unpaired) electrons. The van der Waals surface area contributed by atoms with Crippen molar-refractivity contribution in [2.45, 2.75) is 26.8 Å². The number of nitrogens with zero attached hydrogens (tertiary/aromatic N) is 1. The molecular weight excluding hydrogens is 368 g/mol. The highest BCUT2D eigenvalue weighted by Crippen LogP contribution is 2.44. The summed E-state index contributed by atoms with van der Waals surface area (Å²) in [4.78, 5) is 13.7. The van der Waals surface area contributed by atoms with E-state index >= 15 is 0 Å². The predicted octanol–water partition coefficient (Wildman–Crippen LogP) is 4.23. The van der Waals surface area contributed by atoms with E-state index in [4.69, 9.17) is 9.47 Å². The molecule has 6 nitrogen and oxygen atoms in total. The molecule has 1 fully saturated rings. The molecule has 0 spiro atoms. The number of carboxylic acid groups (broad SMARTS) is 1. The lowest BCUT2D eigenvalue weighted by atomic mass is 9.78. The van der Waals surface area contributed by atoms with Crippen LogP contribution in [-0.2, 0) is 4.74 Å². The maximum absolute atomic E-state index is 11.3. The molecule has 2 aliphatic rings. The minimum absolute atomic E-state index is 0.303. The zero-order valence-corrected chi connectivity index (χ0v) is 17.2. The number of benzene rings is 2. The van der Waals surface area contributed by atoms with Crippen LogP contribution in [0.2, 0.25) is 0 Å². The van der Waals surface area contributed by atoms with Crippen molar-refractivity contribution in [3.8, 4) is 16.9 Å². The number of rotatable bonds is 3. The van der Waals surface area contributed by atoms with Crippen molar-refractivity contribution in [3.63, 3.8) is 0 Å². The molecule has 29 heavy (non-hydrogen) atoms. The number of hydrogen-bond donors (Lipinski definition) is 2. The Bertz CT molecular complexity index is 919. The van der Waals surface area contributed by atoms with E-state index < -0.39 is 6.09 Å². The molecule has 4 rings (SSSR count). The van der Waals surface area contributed by atoms with Crippen molar-refractivity contribution in [2.24, 2.45) is 5.41 Å². The van der Waals surface area contributed by atoms with Crippen LogP contribution < -0.4 is 15.0 Å². The van der Waals surface area contributed by atoms with Gasteiger partial charge in [0.2, 0.25) is 0 Å². The summed E-state index contributed by atoms with van der Waals surface area (Å²) in [5, 5.41) is 11.9. The van der Waals surface area contributed by atoms with Crippen molar-refractivity contribution < 1.29 is 19.4 Å². The van der Waals surface area contributed by atoms with Gasteiger partial charge in [0.1, 0.15) is 5.75 Å². The summed E-state index contributed by atoms with van der Waals surface area (Å²) in [7, 11) is 0. The zero-order chi connectivity index (χ0) is 20.6. The lowest BCUT2D eigenvalue weighted by Gasteiger charge is -2.39. The highest BCUT2D eigenvalue weighted by Gasteiger charge is 2.38. The first kappa shape index (κ1) is 19.6. The fourth-order valence-corrected chi connectivity index (χ4v) is 4.24. The lowest BCUT2D eigenvalue weighted by molar-refractivity contribution is 0.0996. The molecule has 1 saturated heterocycles. The van der Waals surface area contributed by atoms with E-state index in [0.717, 1.165) is 48.7 Å². The largest absolute Gasteiger partial charge is 0.493 e. The Hall–Kier alpha value is -2.73. The van der Waals surface area contributed by atoms with Gasteiger partial charge >= 0.3 is 6.09 Å². The number of ether oxygens (including phenoxy) is 2. The lowest BCUT2D eigenvalue weighted by Crippen LogP contribution is -2.43. The van der Waals surface area contributed by atoms with Crippen LogP contribution in [0.3, 0.4) is 0 Å². The molecule has 2 N–H and O–H groups in total. The molecule has 0 saturated carbocycles. The second kappa shape index (κ2) is 7.59. The number of fused-ring (bicyclic) bond motifs is 1. The Morgan fingerprint density at radius 3 is 2.52 bits per heavy atom. The van der Waals surface area contributed by atoms with Gasteiger partial charge in [0, 0.05) is 29.8 Å². The minimum atomic E-state index is -1.02. The van der Waals surface area contributed by atoms with Crippen molar-refractivity contribution in [3.05, 3.63) is 47.5 Å². The normalized spacial score (nSPS) is 20.5. The Labute approximate surface area is 171 Å². The predicted molar refractivity (Wildman–Crippen MR) is 113 cm³/mol. The van der Waals surface area contributed by atoms with Gasteiger partial charge in [-0.2, -0.15) is 0 Å². The van der Waals surface area contributed by atoms with Gasteiger partial charge in [-0.25, -0.2) is 4.79 Å². The van der Waals surface area contributed by atoms with Crippen LogP contribution in [0, 0.1) is 12.3 Å². The van der Waals surface area contributed by atoms with Crippen LogP contribution in [0.5, 0.6) is 5.75 Å². The number of hydrogen-bond acceptors (Lipinski definition) is 4. The zero-order valence-electron chi connectivity index (χ0n) is 17.2. The molecule has 2 aromatic carbocycles. The summed E-state index contributed by atoms with van der Waals surface area (Å²) in [6.45, 7) is 10.00. The third kappa shape index (κ3) is 3.90. The highest BCUT2D eigenvalue weighted by molar-refractivity contribution is 5.72. The van der Waals surface area contributed by atoms with Gasteiger partial charge in [0.05, 0.1) is 25.9 Å². The molecule has 6 heteroatoms. The van der Waals surface area contributed by atoms with E-state index in [-0.39, 0.29) is 11.5 Å². The molecule has 1 amide bonds. The van der Waals surface area contributed by atoms with Crippen LogP contribution in [-0.4, -0.2) is 44.1 Å². The maximum Gasteiger partial charge on any atom is 0.405 e. The number of carbonyl (C=O) groups is 1. The number of aryl methyl sites for hydroxylation is 1. The quantitative estimate of drug-likeness (QED) is 0.813. The Morgan fingerprint density at radius 1 is 1.14 bits per heavy atom. The molecule has 1 atom stereocenters. The summed E-state index contributed by atoms with van der Waals surface area (Å²) in [5.74, 6) is 0.746. The summed E-state index contributed by atoms with van der Waals surface area (Å²) < 4.78 is 11.5. The molecule has 0 aliphatic carbocycles. The molecule has 0 aromatic heterocycles. The number of morpholine rings is 1. The van der Waals surface area contributed by atoms with Gasteiger partial charge in [-0.15, -0.1) is 0 Å². The van der Waals surface area contributed by atoms with Gasteiger partial charge in [-0.1, -0.05) is 32.0 Å². The number of amides is 1. The van der Waals surface area contributed by atoms with Crippen molar-refractivity contribution in [1.82, 2.24) is 5.32 Å². The summed E-state index contributed by atoms with van der Waals surface area (Å²) in [5.41, 5.74) is 5.23. The van der Waals surface area contributed by atoms with E-state index in [9.17, 15) is 9.90 Å². The second-order valence-electron chi connectivity index (χ2n) is 8.51. The van der Waals surface area contributed by atoms with Gasteiger partial charge in [-0.3, -0.25) is 0 Å². The topological polar surface area (TPSA) is 71.0 Å². The first-order valence-electron chi connectivity index (χ1n) is 10.0. The van der Waals surface area contributed by atoms with E-state index in [1.54, 1.807) is 0 Å². The Balaban J connectivity index is 1.64. The van der Waals surface area contributed by atoms with Crippen LogP contribution >= 0.6 is 0 Å². The van der Waals surface area contributed by atoms with Gasteiger partial charge in [0.25, 0.3) is 0 Å². The first-order valence-corrected chi connectivity index (χ1v) is 10.0. The van der Waals surface area contributed by atoms with Crippen molar-refractivity contribution in [2.75, 3.05) is 37.8 Å². The van der Waals surface area contributed by atoms with Gasteiger partial charge in [0.15, 0.2) is 0 Å². The average Bonchev–Trinajstić information content (AvgIpc) is 2.70. The minimum Gasteiger partial charge on any atom is -0.493 e. The molecule has 154 valence electrons. The van der Waals surface area contributed by atoms with Crippen LogP contribution in [0.25, 0.3) is 11.1 Å². The van der Waals surface area contributed by atoms with Gasteiger partial charge in [-0.05, 0) is 41.8 Å². The van der Waals surface area contributed by atoms with Crippen LogP contribution in [0.1, 0.15) is 31.0 Å². The fourth-order valence-electron chi connectivity index (χ4n) is 4.24. The molecule has 2 aliphatic heterocycles. The number of anilines is 1. The third-order valence-corrected chi connectivity index (χ3v) is 5.86. The van der Waals surface area contributed by atoms with E-state index in [2.05, 4.69) is 35.3 Å². The fraction of sp³-hybridized carbons (Fsp3) is 0.435. The van der Waals surface area contributed by atoms with Gasteiger partial charge < -0.3 is 24.8 Å². The SMILES string of the molecule is Cc1cc(-c2ccc3c(c2)OCC(C)(C)C3NC(=O)O)ccc1N1CCOCC1. The van der Waals surface area contributed by atoms with E-state index in [1.807, 2.05) is 32.0 Å². The summed E-state index contributed by atoms with van der Waals surface area (Å²) in [6.07, 6.45) is -1.02. The standard InChI is InChI=1S/C23H28N2O4/c1-15-12-16(5-7-19(15)25-8-10-28-11-9-25)17-4-6-18-20(13-17)29-14-23(2,3)21(18)24-22(26)27/h4-7,12-13,21,24H,8-11,14H2,1-3H3,(H,26,27). The molecular formula is C23H28N2O4.